The van der Waals surface area contributed by atoms with Gasteiger partial charge in [0.05, 0.1) is 32.0 Å². The Kier molecular flexibility index (Phi) is 64.2. The number of unbranched alkanes of at least 4 members (excludes halogenated alkanes) is 51. The molecule has 1 heterocycles. The first kappa shape index (κ1) is 84.9. The van der Waals surface area contributed by atoms with Crippen LogP contribution < -0.4 is 5.32 Å². The molecule has 11 heteroatoms. The van der Waals surface area contributed by atoms with E-state index in [1.54, 1.807) is 6.08 Å². The van der Waals surface area contributed by atoms with Crippen molar-refractivity contribution in [1.29, 1.82) is 0 Å². The van der Waals surface area contributed by atoms with Gasteiger partial charge in [-0.05, 0) is 64.2 Å². The lowest BCUT2D eigenvalue weighted by Gasteiger charge is -2.40. The highest BCUT2D eigenvalue weighted by molar-refractivity contribution is 5.76. The molecule has 1 amide bonds. The van der Waals surface area contributed by atoms with Crippen LogP contribution in [0.3, 0.4) is 0 Å². The van der Waals surface area contributed by atoms with Crippen molar-refractivity contribution in [3.8, 4) is 0 Å². The third-order valence-corrected chi connectivity index (χ3v) is 18.5. The fraction of sp³-hybridized carbons (Fsp3) is 0.897. The van der Waals surface area contributed by atoms with E-state index in [4.69, 9.17) is 14.2 Å². The number of hydrogen-bond acceptors (Lipinski definition) is 10. The molecule has 7 atom stereocenters. The predicted molar refractivity (Wildman–Crippen MR) is 375 cm³/mol. The first-order chi connectivity index (χ1) is 43.7. The van der Waals surface area contributed by atoms with Crippen molar-refractivity contribution in [2.24, 2.45) is 0 Å². The molecule has 524 valence electrons. The normalized spacial score (nSPS) is 17.9. The topological polar surface area (TPSA) is 175 Å². The van der Waals surface area contributed by atoms with Gasteiger partial charge in [0.2, 0.25) is 5.91 Å². The highest BCUT2D eigenvalue weighted by atomic mass is 16.7. The molecule has 7 unspecified atom stereocenters. The lowest BCUT2D eigenvalue weighted by molar-refractivity contribution is -0.302. The number of hydrogen-bond donors (Lipinski definition) is 6. The van der Waals surface area contributed by atoms with Gasteiger partial charge in [0.15, 0.2) is 6.29 Å². The van der Waals surface area contributed by atoms with Crippen LogP contribution in [0.5, 0.6) is 0 Å². The lowest BCUT2D eigenvalue weighted by atomic mass is 9.99. The van der Waals surface area contributed by atoms with Crippen molar-refractivity contribution in [2.75, 3.05) is 19.8 Å². The van der Waals surface area contributed by atoms with Crippen molar-refractivity contribution in [2.45, 2.75) is 429 Å². The van der Waals surface area contributed by atoms with E-state index in [9.17, 15) is 35.1 Å². The highest BCUT2D eigenvalue weighted by Gasteiger charge is 2.44. The monoisotopic (exact) mass is 1260 g/mol. The van der Waals surface area contributed by atoms with Gasteiger partial charge in [0.1, 0.15) is 24.4 Å². The summed E-state index contributed by atoms with van der Waals surface area (Å²) >= 11 is 0. The summed E-state index contributed by atoms with van der Waals surface area (Å²) in [6.07, 6.45) is 77.6. The number of carbonyl (C=O) groups is 2. The van der Waals surface area contributed by atoms with Crippen molar-refractivity contribution >= 4 is 11.9 Å². The second kappa shape index (κ2) is 67.3. The molecule has 0 aromatic carbocycles. The molecule has 0 aromatic heterocycles. The summed E-state index contributed by atoms with van der Waals surface area (Å²) in [4.78, 5) is 25.2. The Morgan fingerprint density at radius 2 is 0.753 bits per heavy atom. The molecular weight excluding hydrogens is 1110 g/mol. The maximum atomic E-state index is 13.0. The number of aliphatic hydroxyl groups excluding tert-OH is 5. The quantitative estimate of drug-likeness (QED) is 0.0195. The first-order valence-corrected chi connectivity index (χ1v) is 38.8. The summed E-state index contributed by atoms with van der Waals surface area (Å²) in [5, 5.41) is 54.3. The van der Waals surface area contributed by atoms with Crippen LogP contribution in [0.4, 0.5) is 0 Å². The molecule has 0 aromatic rings. The summed E-state index contributed by atoms with van der Waals surface area (Å²) < 4.78 is 16.7. The van der Waals surface area contributed by atoms with E-state index >= 15 is 0 Å². The molecule has 1 saturated heterocycles. The van der Waals surface area contributed by atoms with Gasteiger partial charge in [-0.2, -0.15) is 0 Å². The summed E-state index contributed by atoms with van der Waals surface area (Å²) in [5.41, 5.74) is 0. The molecule has 1 aliphatic heterocycles. The van der Waals surface area contributed by atoms with Crippen LogP contribution in [0.1, 0.15) is 386 Å². The number of ether oxygens (including phenoxy) is 3. The average Bonchev–Trinajstić information content (AvgIpc) is 2.40. The molecule has 1 rings (SSSR count). The largest absolute Gasteiger partial charge is 0.466 e. The Labute approximate surface area is 549 Å². The zero-order valence-corrected chi connectivity index (χ0v) is 58.4. The molecule has 1 fully saturated rings. The van der Waals surface area contributed by atoms with Gasteiger partial charge in [-0.3, -0.25) is 9.59 Å². The standard InChI is InChI=1S/C78H147NO10/c1-3-5-7-9-11-13-14-15-16-17-33-37-40-43-46-50-54-58-62-66-74(83)87-67-63-59-55-51-47-44-41-38-35-32-30-28-26-24-22-20-18-19-21-23-25-27-29-31-34-36-39-42-45-49-53-57-61-65-73(82)79-70(71(81)64-60-56-52-48-12-10-8-6-4-2)69-88-78-77(86)76(85)75(84)72(68-80)89-78/h22,24,28,30,60,64,70-72,75-78,80-81,84-86H,3-21,23,25-27,29,31-59,61-63,65-69H2,1-2H3,(H,79,82)/b24-22-,30-28-,64-60+. The third-order valence-electron chi connectivity index (χ3n) is 18.5. The number of aliphatic hydroxyl groups is 5. The van der Waals surface area contributed by atoms with Crippen molar-refractivity contribution < 1.29 is 49.3 Å². The maximum Gasteiger partial charge on any atom is 0.305 e. The van der Waals surface area contributed by atoms with E-state index in [-0.39, 0.29) is 18.5 Å². The fourth-order valence-corrected chi connectivity index (χ4v) is 12.4. The predicted octanol–water partition coefficient (Wildman–Crippen LogP) is 20.5. The smallest absolute Gasteiger partial charge is 0.305 e. The SMILES string of the molecule is CCCCCCCCC/C=C/C(O)C(COC1OC(CO)C(O)C(O)C1O)NC(=O)CCCCCCCCCCCCCCCCCCC/C=C\C/C=C\CCCCCCCCCCCOC(=O)CCCCCCCCCCCCCCCCCCCCC. The molecule has 0 bridgehead atoms. The highest BCUT2D eigenvalue weighted by Crippen LogP contribution is 2.24. The molecule has 0 saturated carbocycles. The van der Waals surface area contributed by atoms with Crippen LogP contribution in [-0.2, 0) is 23.8 Å². The van der Waals surface area contributed by atoms with E-state index in [0.29, 0.717) is 19.4 Å². The number of amides is 1. The van der Waals surface area contributed by atoms with Crippen molar-refractivity contribution in [1.82, 2.24) is 5.32 Å². The Morgan fingerprint density at radius 3 is 1.13 bits per heavy atom. The van der Waals surface area contributed by atoms with Gasteiger partial charge >= 0.3 is 5.97 Å². The van der Waals surface area contributed by atoms with Gasteiger partial charge < -0.3 is 45.1 Å². The second-order valence-electron chi connectivity index (χ2n) is 27.1. The molecular formula is C78H147NO10. The van der Waals surface area contributed by atoms with Crippen LogP contribution in [0.2, 0.25) is 0 Å². The third kappa shape index (κ3) is 56.0. The summed E-state index contributed by atoms with van der Waals surface area (Å²) in [6, 6.07) is -0.807. The van der Waals surface area contributed by atoms with Crippen LogP contribution in [0, 0.1) is 0 Å². The Morgan fingerprint density at radius 1 is 0.416 bits per heavy atom. The first-order valence-electron chi connectivity index (χ1n) is 38.8. The van der Waals surface area contributed by atoms with Crippen molar-refractivity contribution in [3.63, 3.8) is 0 Å². The molecule has 6 N–H and O–H groups in total. The number of allylic oxidation sites excluding steroid dienone is 5. The number of nitrogens with one attached hydrogen (secondary N) is 1. The average molecular weight is 1260 g/mol. The summed E-state index contributed by atoms with van der Waals surface area (Å²) in [5.74, 6) is -0.168. The number of esters is 1. The fourth-order valence-electron chi connectivity index (χ4n) is 12.4. The molecule has 89 heavy (non-hydrogen) atoms. The van der Waals surface area contributed by atoms with Crippen molar-refractivity contribution in [3.05, 3.63) is 36.5 Å². The van der Waals surface area contributed by atoms with Crippen LogP contribution in [0.25, 0.3) is 0 Å². The van der Waals surface area contributed by atoms with E-state index in [0.717, 1.165) is 57.8 Å². The Bertz CT molecular complexity index is 1570. The van der Waals surface area contributed by atoms with E-state index < -0.39 is 49.5 Å². The van der Waals surface area contributed by atoms with Crippen LogP contribution >= 0.6 is 0 Å². The van der Waals surface area contributed by atoms with Crippen LogP contribution in [0.15, 0.2) is 36.5 Å². The number of carbonyl (C=O) groups excluding carboxylic acids is 2. The minimum atomic E-state index is -1.57. The maximum absolute atomic E-state index is 13.0. The minimum absolute atomic E-state index is 0.0123. The van der Waals surface area contributed by atoms with Gasteiger partial charge in [-0.1, -0.05) is 346 Å². The van der Waals surface area contributed by atoms with Crippen LogP contribution in [-0.4, -0.2) is 100 Å². The van der Waals surface area contributed by atoms with Gasteiger partial charge in [-0.25, -0.2) is 0 Å². The molecule has 0 spiro atoms. The minimum Gasteiger partial charge on any atom is -0.466 e. The van der Waals surface area contributed by atoms with E-state index in [1.165, 1.54) is 302 Å². The Hall–Kier alpha value is -2.12. The summed E-state index contributed by atoms with van der Waals surface area (Å²) in [7, 11) is 0. The Balaban J connectivity index is 1.88. The molecule has 0 radical (unpaired) electrons. The lowest BCUT2D eigenvalue weighted by Crippen LogP contribution is -2.60. The van der Waals surface area contributed by atoms with Gasteiger partial charge in [0, 0.05) is 12.8 Å². The summed E-state index contributed by atoms with van der Waals surface area (Å²) in [6.45, 7) is 4.36. The second-order valence-corrected chi connectivity index (χ2v) is 27.1. The van der Waals surface area contributed by atoms with Gasteiger partial charge in [-0.15, -0.1) is 0 Å². The van der Waals surface area contributed by atoms with Gasteiger partial charge in [0.25, 0.3) is 0 Å². The molecule has 0 aliphatic carbocycles. The van der Waals surface area contributed by atoms with E-state index in [1.807, 2.05) is 6.08 Å². The molecule has 11 nitrogen and oxygen atoms in total. The van der Waals surface area contributed by atoms with E-state index in [2.05, 4.69) is 43.5 Å². The molecule has 1 aliphatic rings. The zero-order chi connectivity index (χ0) is 64.4. The zero-order valence-electron chi connectivity index (χ0n) is 58.4. The number of rotatable bonds is 69.